The van der Waals surface area contributed by atoms with E-state index >= 15 is 0 Å². The maximum absolute atomic E-state index is 12.8. The molecule has 2 heterocycles. The highest BCUT2D eigenvalue weighted by Crippen LogP contribution is 2.30. The second kappa shape index (κ2) is 6.56. The minimum atomic E-state index is -3.34. The Balaban J connectivity index is 2.23. The smallest absolute Gasteiger partial charge is 0.244 e. The number of nitrogens with one attached hydrogen (secondary N) is 1. The van der Waals surface area contributed by atoms with Crippen molar-refractivity contribution in [2.24, 2.45) is 11.8 Å². The fraction of sp³-hybridized carbons (Fsp3) is 0.714. The number of rotatable bonds is 5. The van der Waals surface area contributed by atoms with E-state index in [4.69, 9.17) is 0 Å². The Bertz CT molecular complexity index is 529. The zero-order valence-corrected chi connectivity index (χ0v) is 14.1. The Morgan fingerprint density at radius 1 is 1.35 bits per heavy atom. The number of hydrogen-bond acceptors (Lipinski definition) is 4. The Kier molecular flexibility index (Phi) is 5.23. The number of piperidine rings is 1. The first kappa shape index (κ1) is 15.9. The molecule has 1 aromatic heterocycles. The zero-order valence-electron chi connectivity index (χ0n) is 12.4. The largest absolute Gasteiger partial charge is 0.312 e. The summed E-state index contributed by atoms with van der Waals surface area (Å²) < 4.78 is 27.3. The summed E-state index contributed by atoms with van der Waals surface area (Å²) in [5.41, 5.74) is 0. The summed E-state index contributed by atoms with van der Waals surface area (Å²) in [5, 5.41) is 5.08. The van der Waals surface area contributed by atoms with Gasteiger partial charge >= 0.3 is 0 Å². The van der Waals surface area contributed by atoms with Crippen LogP contribution in [-0.4, -0.2) is 32.4 Å². The highest BCUT2D eigenvalue weighted by molar-refractivity contribution is 7.89. The number of nitrogens with zero attached hydrogens (tertiary/aromatic N) is 1. The van der Waals surface area contributed by atoms with Crippen molar-refractivity contribution < 1.29 is 8.42 Å². The Hall–Kier alpha value is -0.430. The van der Waals surface area contributed by atoms with Crippen LogP contribution >= 0.6 is 11.3 Å². The van der Waals surface area contributed by atoms with Crippen LogP contribution in [0.25, 0.3) is 0 Å². The van der Waals surface area contributed by atoms with Gasteiger partial charge in [0.2, 0.25) is 10.0 Å². The third-order valence-corrected chi connectivity index (χ3v) is 6.66. The van der Waals surface area contributed by atoms with Gasteiger partial charge in [0.05, 0.1) is 4.90 Å². The van der Waals surface area contributed by atoms with Gasteiger partial charge in [0.15, 0.2) is 0 Å². The first-order valence-corrected chi connectivity index (χ1v) is 9.54. The van der Waals surface area contributed by atoms with Gasteiger partial charge in [0.1, 0.15) is 0 Å². The average molecular weight is 316 g/mol. The van der Waals surface area contributed by atoms with Gasteiger partial charge < -0.3 is 5.32 Å². The second-order valence-corrected chi connectivity index (χ2v) is 8.66. The fourth-order valence-corrected chi connectivity index (χ4v) is 5.93. The topological polar surface area (TPSA) is 49.4 Å². The van der Waals surface area contributed by atoms with Crippen LogP contribution in [0.5, 0.6) is 0 Å². The molecule has 1 aromatic rings. The van der Waals surface area contributed by atoms with Crippen molar-refractivity contribution in [1.29, 1.82) is 0 Å². The van der Waals surface area contributed by atoms with Crippen LogP contribution in [0.4, 0.5) is 0 Å². The lowest BCUT2D eigenvalue weighted by Crippen LogP contribution is -2.42. The third kappa shape index (κ3) is 3.42. The molecule has 0 aromatic carbocycles. The van der Waals surface area contributed by atoms with Crippen LogP contribution in [0.3, 0.4) is 0 Å². The first-order valence-electron chi connectivity index (χ1n) is 7.22. The molecule has 2 atom stereocenters. The van der Waals surface area contributed by atoms with Gasteiger partial charge in [-0.1, -0.05) is 20.8 Å². The summed E-state index contributed by atoms with van der Waals surface area (Å²) in [6.07, 6.45) is 1.11. The maximum atomic E-state index is 12.8. The zero-order chi connectivity index (χ0) is 14.8. The molecule has 0 spiro atoms. The van der Waals surface area contributed by atoms with Crippen LogP contribution in [0.1, 0.15) is 32.1 Å². The monoisotopic (exact) mass is 316 g/mol. The molecule has 0 saturated carbocycles. The predicted molar refractivity (Wildman–Crippen MR) is 83.4 cm³/mol. The lowest BCUT2D eigenvalue weighted by Gasteiger charge is -2.34. The highest BCUT2D eigenvalue weighted by Gasteiger charge is 2.33. The molecule has 0 amide bonds. The molecular weight excluding hydrogens is 292 g/mol. The van der Waals surface area contributed by atoms with Crippen LogP contribution < -0.4 is 5.32 Å². The van der Waals surface area contributed by atoms with Gasteiger partial charge in [-0.15, -0.1) is 11.3 Å². The van der Waals surface area contributed by atoms with E-state index in [9.17, 15) is 8.42 Å². The molecule has 2 unspecified atom stereocenters. The second-order valence-electron chi connectivity index (χ2n) is 5.76. The SMILES string of the molecule is CCNCc1sccc1S(=O)(=O)N1CC(C)CC(C)C1. The van der Waals surface area contributed by atoms with Crippen LogP contribution in [0.15, 0.2) is 16.3 Å². The molecule has 0 bridgehead atoms. The van der Waals surface area contributed by atoms with Crippen molar-refractivity contribution in [2.75, 3.05) is 19.6 Å². The Morgan fingerprint density at radius 3 is 2.60 bits per heavy atom. The molecule has 1 N–H and O–H groups in total. The minimum Gasteiger partial charge on any atom is -0.312 e. The number of hydrogen-bond donors (Lipinski definition) is 1. The van der Waals surface area contributed by atoms with Crippen LogP contribution in [-0.2, 0) is 16.6 Å². The summed E-state index contributed by atoms with van der Waals surface area (Å²) in [6.45, 7) is 9.04. The molecule has 2 rings (SSSR count). The molecular formula is C14H24N2O2S2. The van der Waals surface area contributed by atoms with Crippen molar-refractivity contribution in [1.82, 2.24) is 9.62 Å². The number of thiophene rings is 1. The quantitative estimate of drug-likeness (QED) is 0.908. The molecule has 0 aliphatic carbocycles. The molecule has 4 nitrogen and oxygen atoms in total. The summed E-state index contributed by atoms with van der Waals surface area (Å²) in [4.78, 5) is 1.41. The van der Waals surface area contributed by atoms with E-state index < -0.39 is 10.0 Å². The van der Waals surface area contributed by atoms with E-state index in [1.54, 1.807) is 10.4 Å². The standard InChI is InChI=1S/C14H24N2O2S2/c1-4-15-8-13-14(5-6-19-13)20(17,18)16-9-11(2)7-12(3)10-16/h5-6,11-12,15H,4,7-10H2,1-3H3. The highest BCUT2D eigenvalue weighted by atomic mass is 32.2. The van der Waals surface area contributed by atoms with Gasteiger partial charge in [-0.25, -0.2) is 8.42 Å². The van der Waals surface area contributed by atoms with E-state index in [1.807, 2.05) is 12.3 Å². The van der Waals surface area contributed by atoms with Gasteiger partial charge in [-0.3, -0.25) is 0 Å². The maximum Gasteiger partial charge on any atom is 0.244 e. The van der Waals surface area contributed by atoms with Crippen LogP contribution in [0, 0.1) is 11.8 Å². The molecule has 1 fully saturated rings. The first-order chi connectivity index (χ1) is 9.45. The van der Waals surface area contributed by atoms with Crippen molar-refractivity contribution in [3.05, 3.63) is 16.3 Å². The average Bonchev–Trinajstić information content (AvgIpc) is 2.84. The van der Waals surface area contributed by atoms with Crippen molar-refractivity contribution in [3.63, 3.8) is 0 Å². The third-order valence-electron chi connectivity index (χ3n) is 3.69. The predicted octanol–water partition coefficient (Wildman–Crippen LogP) is 2.52. The molecule has 114 valence electrons. The lowest BCUT2D eigenvalue weighted by atomic mass is 9.94. The van der Waals surface area contributed by atoms with Crippen molar-refractivity contribution in [2.45, 2.75) is 38.6 Å². The summed E-state index contributed by atoms with van der Waals surface area (Å²) in [6, 6.07) is 1.75. The summed E-state index contributed by atoms with van der Waals surface area (Å²) in [7, 11) is -3.34. The van der Waals surface area contributed by atoms with Gasteiger partial charge in [0, 0.05) is 24.5 Å². The molecule has 1 aliphatic rings. The summed E-state index contributed by atoms with van der Waals surface area (Å²) in [5.74, 6) is 0.869. The van der Waals surface area contributed by atoms with Gasteiger partial charge in [0.25, 0.3) is 0 Å². The molecule has 20 heavy (non-hydrogen) atoms. The van der Waals surface area contributed by atoms with E-state index in [1.165, 1.54) is 11.3 Å². The number of sulfonamides is 1. The minimum absolute atomic E-state index is 0.435. The Morgan fingerprint density at radius 2 is 2.00 bits per heavy atom. The van der Waals surface area contributed by atoms with E-state index in [0.29, 0.717) is 36.4 Å². The fourth-order valence-electron chi connectivity index (χ4n) is 2.87. The van der Waals surface area contributed by atoms with E-state index in [2.05, 4.69) is 19.2 Å². The molecule has 0 radical (unpaired) electrons. The Labute approximate surface area is 126 Å². The molecule has 1 saturated heterocycles. The molecule has 6 heteroatoms. The van der Waals surface area contributed by atoms with Crippen LogP contribution in [0.2, 0.25) is 0 Å². The van der Waals surface area contributed by atoms with E-state index in [-0.39, 0.29) is 0 Å². The van der Waals surface area contributed by atoms with Gasteiger partial charge in [-0.2, -0.15) is 4.31 Å². The molecule has 1 aliphatic heterocycles. The van der Waals surface area contributed by atoms with Crippen molar-refractivity contribution in [3.8, 4) is 0 Å². The lowest BCUT2D eigenvalue weighted by molar-refractivity contribution is 0.222. The van der Waals surface area contributed by atoms with Gasteiger partial charge in [-0.05, 0) is 36.2 Å². The van der Waals surface area contributed by atoms with E-state index in [0.717, 1.165) is 17.8 Å². The van der Waals surface area contributed by atoms with Crippen molar-refractivity contribution >= 4 is 21.4 Å². The normalized spacial score (nSPS) is 24.9. The summed E-state index contributed by atoms with van der Waals surface area (Å²) >= 11 is 1.51.